The zero-order valence-corrected chi connectivity index (χ0v) is 12.2. The summed E-state index contributed by atoms with van der Waals surface area (Å²) in [5.74, 6) is -0.291. The fourth-order valence-electron chi connectivity index (χ4n) is 2.02. The first kappa shape index (κ1) is 15.1. The van der Waals surface area contributed by atoms with E-state index in [0.717, 1.165) is 0 Å². The van der Waals surface area contributed by atoms with Crippen molar-refractivity contribution < 1.29 is 18.3 Å². The largest absolute Gasteiger partial charge is 0.506 e. The van der Waals surface area contributed by atoms with Crippen molar-refractivity contribution in [1.82, 2.24) is 5.32 Å². The minimum absolute atomic E-state index is 0.0310. The highest BCUT2D eigenvalue weighted by Gasteiger charge is 2.25. The van der Waals surface area contributed by atoms with Crippen LogP contribution in [-0.2, 0) is 14.6 Å². The average molecular weight is 319 g/mol. The van der Waals surface area contributed by atoms with Crippen molar-refractivity contribution >= 4 is 33.0 Å². The van der Waals surface area contributed by atoms with Gasteiger partial charge in [-0.1, -0.05) is 11.6 Å². The molecule has 20 heavy (non-hydrogen) atoms. The van der Waals surface area contributed by atoms with Crippen molar-refractivity contribution in [2.45, 2.75) is 12.5 Å². The summed E-state index contributed by atoms with van der Waals surface area (Å²) in [4.78, 5) is 11.8. The van der Waals surface area contributed by atoms with Crippen molar-refractivity contribution in [3.8, 4) is 5.75 Å². The van der Waals surface area contributed by atoms with E-state index in [9.17, 15) is 18.3 Å². The third kappa shape index (κ3) is 4.09. The van der Waals surface area contributed by atoms with E-state index >= 15 is 0 Å². The highest BCUT2D eigenvalue weighted by molar-refractivity contribution is 7.91. The van der Waals surface area contributed by atoms with Crippen molar-refractivity contribution in [1.29, 1.82) is 0 Å². The molecule has 1 saturated heterocycles. The van der Waals surface area contributed by atoms with E-state index in [4.69, 9.17) is 11.6 Å². The van der Waals surface area contributed by atoms with Gasteiger partial charge in [0.05, 0.1) is 16.5 Å². The summed E-state index contributed by atoms with van der Waals surface area (Å²) in [5, 5.41) is 15.0. The zero-order chi connectivity index (χ0) is 14.8. The first-order valence-electron chi connectivity index (χ1n) is 6.08. The van der Waals surface area contributed by atoms with Crippen LogP contribution in [0.3, 0.4) is 0 Å². The normalized spacial score (nSPS) is 21.4. The molecule has 1 fully saturated rings. The maximum Gasteiger partial charge on any atom is 0.225 e. The van der Waals surface area contributed by atoms with Crippen LogP contribution in [0, 0.1) is 0 Å². The Morgan fingerprint density at radius 2 is 2.25 bits per heavy atom. The third-order valence-electron chi connectivity index (χ3n) is 2.96. The van der Waals surface area contributed by atoms with Crippen LogP contribution in [0.2, 0.25) is 5.02 Å². The smallest absolute Gasteiger partial charge is 0.225 e. The summed E-state index contributed by atoms with van der Waals surface area (Å²) in [6, 6.07) is 3.95. The molecule has 0 radical (unpaired) electrons. The lowest BCUT2D eigenvalue weighted by molar-refractivity contribution is -0.116. The molecule has 3 N–H and O–H groups in total. The minimum Gasteiger partial charge on any atom is -0.506 e. The quantitative estimate of drug-likeness (QED) is 0.715. The molecule has 1 amide bonds. The summed E-state index contributed by atoms with van der Waals surface area (Å²) in [7, 11) is -3.06. The number of sulfone groups is 1. The first-order valence-corrected chi connectivity index (χ1v) is 8.28. The summed E-state index contributed by atoms with van der Waals surface area (Å²) < 4.78 is 22.9. The summed E-state index contributed by atoms with van der Waals surface area (Å²) in [6.45, 7) is 0.366. The number of nitrogens with one attached hydrogen (secondary N) is 2. The van der Waals surface area contributed by atoms with Crippen LogP contribution in [-0.4, -0.2) is 43.5 Å². The Kier molecular flexibility index (Phi) is 4.52. The summed E-state index contributed by atoms with van der Waals surface area (Å²) in [6.07, 6.45) is 0.0672. The molecule has 1 atom stereocenters. The monoisotopic (exact) mass is 318 g/mol. The molecule has 0 aromatic heterocycles. The van der Waals surface area contributed by atoms with Crippen molar-refractivity contribution in [2.24, 2.45) is 0 Å². The second-order valence-electron chi connectivity index (χ2n) is 4.68. The molecule has 1 aromatic rings. The van der Waals surface area contributed by atoms with Gasteiger partial charge in [0.1, 0.15) is 5.75 Å². The summed E-state index contributed by atoms with van der Waals surface area (Å²) in [5.41, 5.74) is 0.455. The van der Waals surface area contributed by atoms with Gasteiger partial charge in [0.2, 0.25) is 5.91 Å². The Balaban J connectivity index is 1.93. The zero-order valence-electron chi connectivity index (χ0n) is 10.6. The molecule has 1 aromatic carbocycles. The number of hydrogen-bond donors (Lipinski definition) is 3. The van der Waals surface area contributed by atoms with Gasteiger partial charge in [-0.2, -0.15) is 0 Å². The molecule has 1 aliphatic rings. The maximum absolute atomic E-state index is 11.8. The molecule has 0 bridgehead atoms. The first-order chi connectivity index (χ1) is 9.35. The van der Waals surface area contributed by atoms with Gasteiger partial charge in [0.15, 0.2) is 9.84 Å². The molecule has 8 heteroatoms. The Bertz CT molecular complexity index is 618. The molecule has 6 nitrogen and oxygen atoms in total. The predicted molar refractivity (Wildman–Crippen MR) is 76.8 cm³/mol. The van der Waals surface area contributed by atoms with E-state index in [1.54, 1.807) is 0 Å². The molecule has 1 aliphatic heterocycles. The number of carbonyl (C=O) groups is 1. The number of amides is 1. The van der Waals surface area contributed by atoms with Crippen LogP contribution in [0.1, 0.15) is 6.42 Å². The van der Waals surface area contributed by atoms with Crippen LogP contribution in [0.5, 0.6) is 5.75 Å². The number of aromatic hydroxyl groups is 1. The molecule has 1 heterocycles. The predicted octanol–water partition coefficient (Wildman–Crippen LogP) is 0.761. The molecular weight excluding hydrogens is 304 g/mol. The fraction of sp³-hybridized carbons (Fsp3) is 0.417. The van der Waals surface area contributed by atoms with Gasteiger partial charge in [-0.25, -0.2) is 8.42 Å². The van der Waals surface area contributed by atoms with Gasteiger partial charge in [-0.15, -0.1) is 0 Å². The van der Waals surface area contributed by atoms with Gasteiger partial charge in [0, 0.05) is 24.7 Å². The second-order valence-corrected chi connectivity index (χ2v) is 7.32. The molecule has 0 spiro atoms. The number of halogens is 1. The van der Waals surface area contributed by atoms with Crippen LogP contribution < -0.4 is 10.6 Å². The average Bonchev–Trinajstić information content (AvgIpc) is 2.32. The van der Waals surface area contributed by atoms with Gasteiger partial charge < -0.3 is 15.7 Å². The summed E-state index contributed by atoms with van der Waals surface area (Å²) >= 11 is 5.73. The van der Waals surface area contributed by atoms with Gasteiger partial charge >= 0.3 is 0 Å². The van der Waals surface area contributed by atoms with Gasteiger partial charge in [0.25, 0.3) is 0 Å². The molecule has 0 saturated carbocycles. The van der Waals surface area contributed by atoms with Crippen molar-refractivity contribution in [2.75, 3.05) is 23.4 Å². The van der Waals surface area contributed by atoms with Crippen molar-refractivity contribution in [3.63, 3.8) is 0 Å². The Hall–Kier alpha value is -1.31. The standard InChI is InChI=1S/C12H15ClN2O4S/c13-10-5-8(1-2-11(10)16)15-12(17)6-9-7-20(18,19)4-3-14-9/h1-2,5,9,14,16H,3-4,6-7H2,(H,15,17). The topological polar surface area (TPSA) is 95.5 Å². The van der Waals surface area contributed by atoms with E-state index in [-0.39, 0.29) is 40.6 Å². The van der Waals surface area contributed by atoms with E-state index in [1.165, 1.54) is 18.2 Å². The minimum atomic E-state index is -3.06. The maximum atomic E-state index is 11.8. The molecular formula is C12H15ClN2O4S. The van der Waals surface area contributed by atoms with Gasteiger partial charge in [-0.05, 0) is 18.2 Å². The van der Waals surface area contributed by atoms with Crippen LogP contribution >= 0.6 is 11.6 Å². The van der Waals surface area contributed by atoms with Crippen LogP contribution in [0.4, 0.5) is 5.69 Å². The lowest BCUT2D eigenvalue weighted by Gasteiger charge is -2.23. The number of rotatable bonds is 3. The van der Waals surface area contributed by atoms with Crippen LogP contribution in [0.15, 0.2) is 18.2 Å². The van der Waals surface area contributed by atoms with E-state index in [1.807, 2.05) is 0 Å². The lowest BCUT2D eigenvalue weighted by Crippen LogP contribution is -2.46. The van der Waals surface area contributed by atoms with Gasteiger partial charge in [-0.3, -0.25) is 4.79 Å². The SMILES string of the molecule is O=C(CC1CS(=O)(=O)CCN1)Nc1ccc(O)c(Cl)c1. The Morgan fingerprint density at radius 3 is 2.90 bits per heavy atom. The number of phenolic OH excluding ortho intramolecular Hbond substituents is 1. The third-order valence-corrected chi connectivity index (χ3v) is 5.00. The number of phenols is 1. The molecule has 110 valence electrons. The molecule has 0 aliphatic carbocycles. The van der Waals surface area contributed by atoms with E-state index in [0.29, 0.717) is 12.2 Å². The molecule has 2 rings (SSSR count). The number of anilines is 1. The number of hydrogen-bond acceptors (Lipinski definition) is 5. The van der Waals surface area contributed by atoms with E-state index < -0.39 is 9.84 Å². The highest BCUT2D eigenvalue weighted by Crippen LogP contribution is 2.26. The Morgan fingerprint density at radius 1 is 1.50 bits per heavy atom. The lowest BCUT2D eigenvalue weighted by atomic mass is 10.2. The number of benzene rings is 1. The second kappa shape index (κ2) is 5.99. The fourth-order valence-corrected chi connectivity index (χ4v) is 3.64. The Labute approximate surface area is 122 Å². The van der Waals surface area contributed by atoms with Crippen molar-refractivity contribution in [3.05, 3.63) is 23.2 Å². The number of carbonyl (C=O) groups excluding carboxylic acids is 1. The highest BCUT2D eigenvalue weighted by atomic mass is 35.5. The molecule has 1 unspecified atom stereocenters. The van der Waals surface area contributed by atoms with E-state index in [2.05, 4.69) is 10.6 Å². The van der Waals surface area contributed by atoms with Crippen LogP contribution in [0.25, 0.3) is 0 Å².